The van der Waals surface area contributed by atoms with Crippen LogP contribution in [0.4, 0.5) is 0 Å². The van der Waals surface area contributed by atoms with Crippen LogP contribution in [0.1, 0.15) is 18.1 Å². The first kappa shape index (κ1) is 11.8. The van der Waals surface area contributed by atoms with Gasteiger partial charge < -0.3 is 4.74 Å². The number of hydrogen-bond acceptors (Lipinski definition) is 3. The lowest BCUT2D eigenvalue weighted by Crippen LogP contribution is -2.36. The zero-order chi connectivity index (χ0) is 13.4. The molecule has 1 atom stereocenters. The Labute approximate surface area is 109 Å². The van der Waals surface area contributed by atoms with Crippen LogP contribution in [-0.2, 0) is 13.0 Å². The maximum Gasteiger partial charge on any atom is 0.331 e. The van der Waals surface area contributed by atoms with E-state index in [-0.39, 0.29) is 18.2 Å². The number of nitrogens with one attached hydrogen (secondary N) is 1. The zero-order valence-corrected chi connectivity index (χ0v) is 10.6. The van der Waals surface area contributed by atoms with Crippen LogP contribution < -0.4 is 16.0 Å². The summed E-state index contributed by atoms with van der Waals surface area (Å²) in [7, 11) is 0. The van der Waals surface area contributed by atoms with Crippen LogP contribution in [0.2, 0.25) is 0 Å². The minimum absolute atomic E-state index is 0.0640. The van der Waals surface area contributed by atoms with Crippen molar-refractivity contribution in [3.8, 4) is 5.88 Å². The van der Waals surface area contributed by atoms with E-state index in [9.17, 15) is 9.59 Å². The van der Waals surface area contributed by atoms with Crippen molar-refractivity contribution in [3.63, 3.8) is 0 Å². The van der Waals surface area contributed by atoms with Gasteiger partial charge in [-0.3, -0.25) is 14.3 Å². The SMILES string of the molecule is CC1Cc2c([nH]c(=O)n(Cc3ccccc3)c2=O)O1. The Kier molecular flexibility index (Phi) is 2.74. The molecule has 0 aliphatic carbocycles. The molecule has 1 N–H and O–H groups in total. The summed E-state index contributed by atoms with van der Waals surface area (Å²) < 4.78 is 6.62. The monoisotopic (exact) mass is 258 g/mol. The molecule has 2 heterocycles. The fourth-order valence-electron chi connectivity index (χ4n) is 2.31. The summed E-state index contributed by atoms with van der Waals surface area (Å²) in [5.74, 6) is 0.326. The molecule has 0 saturated heterocycles. The average molecular weight is 258 g/mol. The number of H-pyrrole nitrogens is 1. The van der Waals surface area contributed by atoms with Crippen molar-refractivity contribution in [1.29, 1.82) is 0 Å². The molecule has 1 aromatic heterocycles. The first-order valence-corrected chi connectivity index (χ1v) is 6.21. The van der Waals surface area contributed by atoms with Gasteiger partial charge >= 0.3 is 5.69 Å². The fourth-order valence-corrected chi connectivity index (χ4v) is 2.31. The van der Waals surface area contributed by atoms with Crippen molar-refractivity contribution in [2.24, 2.45) is 0 Å². The van der Waals surface area contributed by atoms with Crippen LogP contribution >= 0.6 is 0 Å². The van der Waals surface area contributed by atoms with E-state index in [4.69, 9.17) is 4.74 Å². The van der Waals surface area contributed by atoms with E-state index in [0.717, 1.165) is 5.56 Å². The van der Waals surface area contributed by atoms with Crippen molar-refractivity contribution in [3.05, 3.63) is 62.3 Å². The van der Waals surface area contributed by atoms with E-state index in [1.165, 1.54) is 4.57 Å². The number of fused-ring (bicyclic) bond motifs is 1. The molecule has 1 aliphatic rings. The summed E-state index contributed by atoms with van der Waals surface area (Å²) in [6.45, 7) is 2.15. The highest BCUT2D eigenvalue weighted by atomic mass is 16.5. The summed E-state index contributed by atoms with van der Waals surface area (Å²) in [4.78, 5) is 26.9. The molecule has 0 amide bonds. The van der Waals surface area contributed by atoms with Crippen LogP contribution in [0.3, 0.4) is 0 Å². The Balaban J connectivity index is 2.07. The van der Waals surface area contributed by atoms with Gasteiger partial charge in [-0.1, -0.05) is 30.3 Å². The number of hydrogen-bond donors (Lipinski definition) is 1. The summed E-state index contributed by atoms with van der Waals surface area (Å²) in [6, 6.07) is 9.44. The Morgan fingerprint density at radius 3 is 2.79 bits per heavy atom. The number of rotatable bonds is 2. The largest absolute Gasteiger partial charge is 0.475 e. The third-order valence-electron chi connectivity index (χ3n) is 3.24. The summed E-state index contributed by atoms with van der Waals surface area (Å²) >= 11 is 0. The van der Waals surface area contributed by atoms with Crippen LogP contribution in [-0.4, -0.2) is 15.7 Å². The van der Waals surface area contributed by atoms with Crippen molar-refractivity contribution in [2.45, 2.75) is 26.0 Å². The second-order valence-electron chi connectivity index (χ2n) is 4.75. The minimum Gasteiger partial charge on any atom is -0.475 e. The maximum absolute atomic E-state index is 12.3. The molecule has 1 aromatic carbocycles. The van der Waals surface area contributed by atoms with E-state index in [0.29, 0.717) is 17.9 Å². The molecule has 1 unspecified atom stereocenters. The summed E-state index contributed by atoms with van der Waals surface area (Å²) in [6.07, 6.45) is 0.477. The zero-order valence-electron chi connectivity index (χ0n) is 10.6. The van der Waals surface area contributed by atoms with Gasteiger partial charge in [0.15, 0.2) is 0 Å². The molecule has 2 aromatic rings. The second kappa shape index (κ2) is 4.42. The molecule has 0 fully saturated rings. The Morgan fingerprint density at radius 1 is 1.32 bits per heavy atom. The maximum atomic E-state index is 12.3. The van der Waals surface area contributed by atoms with Crippen molar-refractivity contribution >= 4 is 0 Å². The van der Waals surface area contributed by atoms with Crippen LogP contribution in [0.5, 0.6) is 5.88 Å². The lowest BCUT2D eigenvalue weighted by Gasteiger charge is -2.06. The van der Waals surface area contributed by atoms with Gasteiger partial charge in [0, 0.05) is 6.42 Å². The number of ether oxygens (including phenoxy) is 1. The molecule has 19 heavy (non-hydrogen) atoms. The normalized spacial score (nSPS) is 17.0. The molecular weight excluding hydrogens is 244 g/mol. The van der Waals surface area contributed by atoms with Crippen molar-refractivity contribution in [1.82, 2.24) is 9.55 Å². The molecule has 98 valence electrons. The van der Waals surface area contributed by atoms with Gasteiger partial charge in [0.2, 0.25) is 5.88 Å². The van der Waals surface area contributed by atoms with Gasteiger partial charge in [0.25, 0.3) is 5.56 Å². The van der Waals surface area contributed by atoms with Gasteiger partial charge in [0.1, 0.15) is 6.10 Å². The lowest BCUT2D eigenvalue weighted by molar-refractivity contribution is 0.245. The summed E-state index contributed by atoms with van der Waals surface area (Å²) in [5, 5.41) is 0. The molecule has 3 rings (SSSR count). The second-order valence-corrected chi connectivity index (χ2v) is 4.75. The first-order chi connectivity index (χ1) is 9.15. The van der Waals surface area contributed by atoms with E-state index < -0.39 is 5.69 Å². The molecule has 5 nitrogen and oxygen atoms in total. The van der Waals surface area contributed by atoms with E-state index in [2.05, 4.69) is 4.98 Å². The third kappa shape index (κ3) is 2.07. The van der Waals surface area contributed by atoms with Crippen LogP contribution in [0.15, 0.2) is 39.9 Å². The first-order valence-electron chi connectivity index (χ1n) is 6.21. The van der Waals surface area contributed by atoms with Gasteiger partial charge in [-0.2, -0.15) is 0 Å². The van der Waals surface area contributed by atoms with Gasteiger partial charge in [-0.15, -0.1) is 0 Å². The van der Waals surface area contributed by atoms with Crippen molar-refractivity contribution < 1.29 is 4.74 Å². The van der Waals surface area contributed by atoms with Gasteiger partial charge in [-0.05, 0) is 12.5 Å². The number of aromatic nitrogens is 2. The topological polar surface area (TPSA) is 64.1 Å². The van der Waals surface area contributed by atoms with E-state index in [1.807, 2.05) is 37.3 Å². The Morgan fingerprint density at radius 2 is 2.05 bits per heavy atom. The molecule has 1 aliphatic heterocycles. The van der Waals surface area contributed by atoms with Crippen LogP contribution in [0.25, 0.3) is 0 Å². The minimum atomic E-state index is -0.429. The molecule has 0 bridgehead atoms. The highest BCUT2D eigenvalue weighted by Crippen LogP contribution is 2.21. The van der Waals surface area contributed by atoms with Gasteiger partial charge in [0.05, 0.1) is 12.1 Å². The summed E-state index contributed by atoms with van der Waals surface area (Å²) in [5.41, 5.74) is 0.790. The quantitative estimate of drug-likeness (QED) is 0.870. The predicted octanol–water partition coefficient (Wildman–Crippen LogP) is 0.908. The molecule has 0 saturated carbocycles. The molecule has 0 radical (unpaired) electrons. The van der Waals surface area contributed by atoms with Gasteiger partial charge in [-0.25, -0.2) is 4.79 Å². The third-order valence-corrected chi connectivity index (χ3v) is 3.24. The van der Waals surface area contributed by atoms with E-state index >= 15 is 0 Å². The number of benzene rings is 1. The molecule has 5 heteroatoms. The Hall–Kier alpha value is -2.30. The van der Waals surface area contributed by atoms with Crippen LogP contribution in [0, 0.1) is 0 Å². The van der Waals surface area contributed by atoms with E-state index in [1.54, 1.807) is 0 Å². The molecular formula is C14H14N2O3. The fraction of sp³-hybridized carbons (Fsp3) is 0.286. The predicted molar refractivity (Wildman–Crippen MR) is 70.7 cm³/mol. The smallest absolute Gasteiger partial charge is 0.331 e. The standard InChI is InChI=1S/C14H14N2O3/c1-9-7-11-12(19-9)15-14(18)16(13(11)17)8-10-5-3-2-4-6-10/h2-6,9H,7-8H2,1H3,(H,15,18). The number of nitrogens with zero attached hydrogens (tertiary/aromatic N) is 1. The lowest BCUT2D eigenvalue weighted by atomic mass is 10.2. The average Bonchev–Trinajstić information content (AvgIpc) is 2.76. The number of aromatic amines is 1. The molecule has 0 spiro atoms. The highest BCUT2D eigenvalue weighted by molar-refractivity contribution is 5.28. The Bertz CT molecular complexity index is 716. The van der Waals surface area contributed by atoms with Crippen molar-refractivity contribution in [2.75, 3.05) is 0 Å². The highest BCUT2D eigenvalue weighted by Gasteiger charge is 2.25.